The normalized spacial score (nSPS) is 12.9. The van der Waals surface area contributed by atoms with Crippen LogP contribution in [0.25, 0.3) is 16.9 Å². The summed E-state index contributed by atoms with van der Waals surface area (Å²) >= 11 is 0. The standard InChI is InChI=1S/C15H10N7O4P/c23-15-14-16-12(26-27(24)25)6-22(14)10-5-9-7(4-11-18-20-21-19-11)2-1-3-8(9)13(10)17-15/h1-3,6H,4-5H2,(H2-,17,18,19,20,21,23,24,25)/p+1. The Balaban J connectivity index is 1.65. The van der Waals surface area contributed by atoms with Crippen molar-refractivity contribution in [2.45, 2.75) is 12.8 Å². The van der Waals surface area contributed by atoms with E-state index in [1.807, 2.05) is 18.2 Å². The lowest BCUT2D eigenvalue weighted by Crippen LogP contribution is -2.13. The number of nitrogens with zero attached hydrogens (tertiary/aromatic N) is 5. The molecule has 0 saturated carbocycles. The smallest absolute Gasteiger partial charge is 0.317 e. The van der Waals surface area contributed by atoms with E-state index in [1.165, 1.54) is 6.20 Å². The molecular formula is C15H11N7O4P+. The maximum absolute atomic E-state index is 12.4. The van der Waals surface area contributed by atoms with E-state index in [4.69, 9.17) is 9.42 Å². The highest BCUT2D eigenvalue weighted by atomic mass is 31.1. The fourth-order valence-electron chi connectivity index (χ4n) is 3.45. The van der Waals surface area contributed by atoms with Gasteiger partial charge in [-0.1, -0.05) is 23.4 Å². The molecule has 1 atom stereocenters. The number of hydrogen-bond donors (Lipinski definition) is 3. The lowest BCUT2D eigenvalue weighted by atomic mass is 10.00. The SMILES string of the molecule is O=c1[nH]c2c(n3cc(O[P+](=O)O)nc13)Cc1c(Cc3nn[nH]n3)cccc1-2. The highest BCUT2D eigenvalue weighted by molar-refractivity contribution is 7.32. The lowest BCUT2D eigenvalue weighted by Gasteiger charge is -2.05. The third kappa shape index (κ3) is 2.52. The van der Waals surface area contributed by atoms with Crippen molar-refractivity contribution in [2.75, 3.05) is 0 Å². The minimum absolute atomic E-state index is 0.0829. The molecule has 3 N–H and O–H groups in total. The minimum atomic E-state index is -2.87. The molecule has 0 radical (unpaired) electrons. The van der Waals surface area contributed by atoms with Gasteiger partial charge in [0.15, 0.2) is 5.82 Å². The number of nitrogens with one attached hydrogen (secondary N) is 2. The number of H-pyrrole nitrogens is 2. The molecule has 1 aromatic carbocycles. The number of rotatable bonds is 4. The second-order valence-electron chi connectivity index (χ2n) is 6.00. The summed E-state index contributed by atoms with van der Waals surface area (Å²) in [4.78, 5) is 28.2. The van der Waals surface area contributed by atoms with Gasteiger partial charge in [0.05, 0.1) is 17.6 Å². The molecule has 11 nitrogen and oxygen atoms in total. The van der Waals surface area contributed by atoms with E-state index < -0.39 is 13.8 Å². The van der Waals surface area contributed by atoms with Crippen LogP contribution in [0.3, 0.4) is 0 Å². The second-order valence-corrected chi connectivity index (χ2v) is 6.66. The Morgan fingerprint density at radius 2 is 2.26 bits per heavy atom. The number of imidazole rings is 1. The largest absolute Gasteiger partial charge is 0.749 e. The summed E-state index contributed by atoms with van der Waals surface area (Å²) in [7, 11) is -2.87. The summed E-state index contributed by atoms with van der Waals surface area (Å²) in [5.74, 6) is 0.489. The number of aromatic amines is 2. The molecule has 3 aromatic heterocycles. The Bertz CT molecular complexity index is 1260. The average Bonchev–Trinajstić information content (AvgIpc) is 3.34. The van der Waals surface area contributed by atoms with Gasteiger partial charge in [0, 0.05) is 23.0 Å². The minimum Gasteiger partial charge on any atom is -0.317 e. The van der Waals surface area contributed by atoms with Crippen molar-refractivity contribution >= 4 is 13.9 Å². The summed E-state index contributed by atoms with van der Waals surface area (Å²) in [6, 6.07) is 5.82. The molecule has 0 bridgehead atoms. The Hall–Kier alpha value is -3.43. The first-order valence-electron chi connectivity index (χ1n) is 7.92. The highest BCUT2D eigenvalue weighted by Crippen LogP contribution is 2.37. The molecule has 0 saturated heterocycles. The lowest BCUT2D eigenvalue weighted by molar-refractivity contribution is 0.405. The molecule has 12 heteroatoms. The Labute approximate surface area is 151 Å². The van der Waals surface area contributed by atoms with Crippen molar-refractivity contribution in [2.24, 2.45) is 0 Å². The van der Waals surface area contributed by atoms with E-state index in [9.17, 15) is 9.36 Å². The summed E-state index contributed by atoms with van der Waals surface area (Å²) in [6.07, 6.45) is 2.49. The van der Waals surface area contributed by atoms with Crippen molar-refractivity contribution in [1.29, 1.82) is 0 Å². The van der Waals surface area contributed by atoms with Gasteiger partial charge in [0.25, 0.3) is 11.4 Å². The molecule has 1 aliphatic carbocycles. The van der Waals surface area contributed by atoms with E-state index in [0.717, 1.165) is 22.4 Å². The first kappa shape index (κ1) is 15.8. The number of hydrogen-bond acceptors (Lipinski definition) is 7. The van der Waals surface area contributed by atoms with Gasteiger partial charge >= 0.3 is 8.25 Å². The Morgan fingerprint density at radius 1 is 1.37 bits per heavy atom. The monoisotopic (exact) mass is 384 g/mol. The maximum Gasteiger partial charge on any atom is 0.749 e. The summed E-state index contributed by atoms with van der Waals surface area (Å²) in [5.41, 5.74) is 4.18. The van der Waals surface area contributed by atoms with Gasteiger partial charge in [-0.25, -0.2) is 4.52 Å². The van der Waals surface area contributed by atoms with E-state index in [-0.39, 0.29) is 11.5 Å². The van der Waals surface area contributed by atoms with Crippen LogP contribution in [0.5, 0.6) is 5.88 Å². The van der Waals surface area contributed by atoms with Crippen LogP contribution in [0, 0.1) is 0 Å². The quantitative estimate of drug-likeness (QED) is 0.384. The number of aromatic nitrogens is 7. The second kappa shape index (κ2) is 5.79. The van der Waals surface area contributed by atoms with E-state index in [0.29, 0.717) is 24.4 Å². The average molecular weight is 384 g/mol. The molecule has 1 unspecified atom stereocenters. The van der Waals surface area contributed by atoms with Crippen LogP contribution in [0.4, 0.5) is 0 Å². The van der Waals surface area contributed by atoms with Gasteiger partial charge in [0.2, 0.25) is 5.65 Å². The molecule has 3 heterocycles. The summed E-state index contributed by atoms with van der Waals surface area (Å²) < 4.78 is 17.2. The van der Waals surface area contributed by atoms with Crippen molar-refractivity contribution in [1.82, 2.24) is 35.0 Å². The van der Waals surface area contributed by atoms with Crippen molar-refractivity contribution < 1.29 is 14.0 Å². The van der Waals surface area contributed by atoms with Crippen LogP contribution in [-0.4, -0.2) is 39.9 Å². The number of fused-ring (bicyclic) bond motifs is 5. The number of benzene rings is 1. The van der Waals surface area contributed by atoms with Crippen LogP contribution >= 0.6 is 8.25 Å². The van der Waals surface area contributed by atoms with Gasteiger partial charge in [0.1, 0.15) is 0 Å². The van der Waals surface area contributed by atoms with Crippen LogP contribution in [0.2, 0.25) is 0 Å². The molecule has 4 aromatic rings. The molecule has 5 rings (SSSR count). The van der Waals surface area contributed by atoms with Gasteiger partial charge in [-0.15, -0.1) is 15.1 Å². The highest BCUT2D eigenvalue weighted by Gasteiger charge is 2.27. The molecule has 0 spiro atoms. The number of tetrazole rings is 1. The third-order valence-electron chi connectivity index (χ3n) is 4.50. The van der Waals surface area contributed by atoms with Crippen LogP contribution in [-0.2, 0) is 17.4 Å². The zero-order chi connectivity index (χ0) is 18.5. The van der Waals surface area contributed by atoms with E-state index >= 15 is 0 Å². The Kier molecular flexibility index (Phi) is 3.39. The topological polar surface area (TPSA) is 151 Å². The van der Waals surface area contributed by atoms with Gasteiger partial charge in [-0.3, -0.25) is 9.20 Å². The van der Waals surface area contributed by atoms with Crippen LogP contribution < -0.4 is 10.1 Å². The maximum atomic E-state index is 12.4. The Morgan fingerprint density at radius 3 is 3.04 bits per heavy atom. The van der Waals surface area contributed by atoms with Crippen LogP contribution in [0.15, 0.2) is 29.2 Å². The first-order chi connectivity index (χ1) is 13.1. The van der Waals surface area contributed by atoms with E-state index in [2.05, 4.69) is 30.6 Å². The van der Waals surface area contributed by atoms with Crippen molar-refractivity contribution in [3.05, 3.63) is 57.4 Å². The summed E-state index contributed by atoms with van der Waals surface area (Å²) in [5, 5.41) is 14.0. The molecule has 1 aliphatic rings. The molecule has 134 valence electrons. The molecule has 0 aliphatic heterocycles. The predicted octanol–water partition coefficient (Wildman–Crippen LogP) is 0.726. The third-order valence-corrected chi connectivity index (χ3v) is 4.84. The molecule has 0 fully saturated rings. The zero-order valence-electron chi connectivity index (χ0n) is 13.6. The fraction of sp³-hybridized carbons (Fsp3) is 0.133. The van der Waals surface area contributed by atoms with Gasteiger partial charge in [-0.2, -0.15) is 10.2 Å². The van der Waals surface area contributed by atoms with Gasteiger partial charge < -0.3 is 4.98 Å². The van der Waals surface area contributed by atoms with Gasteiger partial charge in [-0.05, 0) is 11.1 Å². The molecule has 27 heavy (non-hydrogen) atoms. The fourth-order valence-corrected chi connectivity index (χ4v) is 3.69. The van der Waals surface area contributed by atoms with Crippen LogP contribution in [0.1, 0.15) is 22.6 Å². The molecule has 0 amide bonds. The zero-order valence-corrected chi connectivity index (χ0v) is 14.5. The van der Waals surface area contributed by atoms with Crippen molar-refractivity contribution in [3.8, 4) is 17.1 Å². The molecular weight excluding hydrogens is 373 g/mol. The first-order valence-corrected chi connectivity index (χ1v) is 9.05. The van der Waals surface area contributed by atoms with E-state index in [1.54, 1.807) is 4.40 Å². The van der Waals surface area contributed by atoms with Crippen molar-refractivity contribution in [3.63, 3.8) is 0 Å². The summed E-state index contributed by atoms with van der Waals surface area (Å²) in [6.45, 7) is 0. The predicted molar refractivity (Wildman–Crippen MR) is 91.5 cm³/mol.